The van der Waals surface area contributed by atoms with E-state index >= 15 is 0 Å². The Balaban J connectivity index is 1.60. The maximum Gasteiger partial charge on any atom is 0.416 e. The van der Waals surface area contributed by atoms with Gasteiger partial charge in [0.15, 0.2) is 0 Å². The summed E-state index contributed by atoms with van der Waals surface area (Å²) < 4.78 is 60.4. The molecule has 1 heterocycles. The van der Waals surface area contributed by atoms with Gasteiger partial charge in [0.1, 0.15) is 18.2 Å². The number of carboxylic acid groups (broad SMARTS) is 1. The third-order valence-corrected chi connectivity index (χ3v) is 6.71. The third kappa shape index (κ3) is 5.59. The lowest BCUT2D eigenvalue weighted by Gasteiger charge is -2.33. The van der Waals surface area contributed by atoms with Crippen molar-refractivity contribution in [2.24, 2.45) is 5.92 Å². The topological polar surface area (TPSA) is 49.8 Å². The van der Waals surface area contributed by atoms with Gasteiger partial charge in [-0.2, -0.15) is 13.2 Å². The van der Waals surface area contributed by atoms with Gasteiger partial charge < -0.3 is 14.1 Å². The molecule has 0 saturated carbocycles. The van der Waals surface area contributed by atoms with Crippen molar-refractivity contribution in [2.45, 2.75) is 24.1 Å². The first-order valence-corrected chi connectivity index (χ1v) is 11.3. The van der Waals surface area contributed by atoms with Crippen LogP contribution in [0.15, 0.2) is 65.6 Å². The summed E-state index contributed by atoms with van der Waals surface area (Å²) in [6, 6.07) is 13.9. The number of hydrogen-bond acceptors (Lipinski definition) is 4. The predicted octanol–water partition coefficient (Wildman–Crippen LogP) is 6.85. The zero-order valence-corrected chi connectivity index (χ0v) is 19.1. The Morgan fingerprint density at radius 3 is 2.68 bits per heavy atom. The van der Waals surface area contributed by atoms with Gasteiger partial charge in [0.05, 0.1) is 17.2 Å². The number of fused-ring (bicyclic) bond motifs is 1. The summed E-state index contributed by atoms with van der Waals surface area (Å²) in [4.78, 5) is 12.0. The predicted molar refractivity (Wildman–Crippen MR) is 122 cm³/mol. The zero-order chi connectivity index (χ0) is 24.5. The van der Waals surface area contributed by atoms with Gasteiger partial charge in [-0.15, -0.1) is 0 Å². The molecule has 10 heteroatoms. The van der Waals surface area contributed by atoms with E-state index in [2.05, 4.69) is 0 Å². The number of aliphatic carboxylic acids is 1. The Labute approximate surface area is 202 Å². The molecule has 0 aliphatic carbocycles. The van der Waals surface area contributed by atoms with Crippen molar-refractivity contribution in [3.05, 3.63) is 88.2 Å². The van der Waals surface area contributed by atoms with E-state index in [4.69, 9.17) is 16.3 Å². The summed E-state index contributed by atoms with van der Waals surface area (Å²) >= 11 is 7.12. The van der Waals surface area contributed by atoms with Crippen LogP contribution >= 0.6 is 23.5 Å². The largest absolute Gasteiger partial charge is 0.489 e. The van der Waals surface area contributed by atoms with E-state index in [0.717, 1.165) is 29.6 Å². The van der Waals surface area contributed by atoms with E-state index in [9.17, 15) is 27.5 Å². The number of ether oxygens (including phenoxy) is 1. The number of benzene rings is 3. The molecule has 4 nitrogen and oxygen atoms in total. The minimum absolute atomic E-state index is 0.00784. The van der Waals surface area contributed by atoms with Gasteiger partial charge in [0.2, 0.25) is 0 Å². The highest BCUT2D eigenvalue weighted by molar-refractivity contribution is 8.00. The third-order valence-electron chi connectivity index (χ3n) is 5.31. The van der Waals surface area contributed by atoms with Crippen LogP contribution in [0.3, 0.4) is 0 Å². The molecule has 178 valence electrons. The first-order chi connectivity index (χ1) is 16.1. The number of halogens is 5. The van der Waals surface area contributed by atoms with Crippen LogP contribution in [0.5, 0.6) is 5.75 Å². The monoisotopic (exact) mass is 511 g/mol. The normalized spacial score (nSPS) is 15.7. The number of carbonyl (C=O) groups is 1. The fourth-order valence-corrected chi connectivity index (χ4v) is 4.86. The maximum atomic E-state index is 13.5. The average molecular weight is 512 g/mol. The summed E-state index contributed by atoms with van der Waals surface area (Å²) in [6.45, 7) is 0.107. The molecule has 0 spiro atoms. The number of hydrogen-bond donors (Lipinski definition) is 1. The Morgan fingerprint density at radius 2 is 1.94 bits per heavy atom. The Kier molecular flexibility index (Phi) is 6.95. The molecule has 0 saturated heterocycles. The summed E-state index contributed by atoms with van der Waals surface area (Å²) in [5.74, 6) is -1.72. The van der Waals surface area contributed by atoms with Crippen LogP contribution in [0.1, 0.15) is 16.7 Å². The molecule has 1 unspecified atom stereocenters. The van der Waals surface area contributed by atoms with Crippen molar-refractivity contribution < 1.29 is 32.2 Å². The van der Waals surface area contributed by atoms with Gasteiger partial charge in [-0.1, -0.05) is 23.7 Å². The quantitative estimate of drug-likeness (QED) is 0.290. The van der Waals surface area contributed by atoms with Crippen LogP contribution in [0.25, 0.3) is 0 Å². The number of nitrogens with zero attached hydrogens (tertiary/aromatic N) is 1. The van der Waals surface area contributed by atoms with Gasteiger partial charge in [0.25, 0.3) is 0 Å². The first kappa shape index (κ1) is 24.2. The van der Waals surface area contributed by atoms with Crippen molar-refractivity contribution in [3.8, 4) is 5.75 Å². The Hall–Kier alpha value is -2.91. The second-order valence-corrected chi connectivity index (χ2v) is 9.23. The van der Waals surface area contributed by atoms with Gasteiger partial charge in [0, 0.05) is 28.1 Å². The molecule has 3 aromatic rings. The summed E-state index contributed by atoms with van der Waals surface area (Å²) in [5, 5.41) is 9.91. The summed E-state index contributed by atoms with van der Waals surface area (Å²) in [6.07, 6.45) is -4.21. The first-order valence-electron chi connectivity index (χ1n) is 10.2. The van der Waals surface area contributed by atoms with E-state index in [1.807, 2.05) is 0 Å². The van der Waals surface area contributed by atoms with Crippen LogP contribution in [-0.2, 0) is 24.0 Å². The van der Waals surface area contributed by atoms with Gasteiger partial charge in [-0.3, -0.25) is 4.79 Å². The van der Waals surface area contributed by atoms with E-state index in [0.29, 0.717) is 26.9 Å². The molecule has 0 radical (unpaired) electrons. The Morgan fingerprint density at radius 1 is 1.15 bits per heavy atom. The van der Waals surface area contributed by atoms with Crippen molar-refractivity contribution in [2.75, 3.05) is 10.8 Å². The van der Waals surface area contributed by atoms with Crippen molar-refractivity contribution in [1.29, 1.82) is 0 Å². The molecule has 0 aromatic heterocycles. The SMILES string of the molecule is O=C(O)C1Cc2ccc(OCc3cc(F)ccc3Cl)cc2N(Sc2cccc(C(F)(F)F)c2)C1. The van der Waals surface area contributed by atoms with Gasteiger partial charge in [-0.05, 0) is 66.4 Å². The molecule has 34 heavy (non-hydrogen) atoms. The van der Waals surface area contributed by atoms with Crippen LogP contribution in [0.4, 0.5) is 23.2 Å². The standard InChI is InChI=1S/C24H18ClF4NO3S/c25-21-7-5-18(26)9-16(21)13-33-19-6-4-14-8-15(23(31)32)12-30(22(14)11-19)34-20-3-1-2-17(10-20)24(27,28)29/h1-7,9-11,15H,8,12-13H2,(H,31,32). The highest BCUT2D eigenvalue weighted by Crippen LogP contribution is 2.41. The number of carboxylic acids is 1. The molecule has 1 N–H and O–H groups in total. The van der Waals surface area contributed by atoms with Gasteiger partial charge in [-0.25, -0.2) is 4.39 Å². The number of alkyl halides is 3. The lowest BCUT2D eigenvalue weighted by Crippen LogP contribution is -2.35. The minimum atomic E-state index is -4.49. The molecule has 0 bridgehead atoms. The molecular formula is C24H18ClF4NO3S. The molecule has 0 amide bonds. The maximum absolute atomic E-state index is 13.5. The molecule has 3 aromatic carbocycles. The minimum Gasteiger partial charge on any atom is -0.489 e. The second kappa shape index (κ2) is 9.76. The highest BCUT2D eigenvalue weighted by Gasteiger charge is 2.32. The van der Waals surface area contributed by atoms with E-state index in [-0.39, 0.29) is 19.6 Å². The lowest BCUT2D eigenvalue weighted by molar-refractivity contribution is -0.141. The summed E-state index contributed by atoms with van der Waals surface area (Å²) in [7, 11) is 0. The van der Waals surface area contributed by atoms with Crippen molar-refractivity contribution in [3.63, 3.8) is 0 Å². The molecule has 4 rings (SSSR count). The van der Waals surface area contributed by atoms with Crippen LogP contribution in [0.2, 0.25) is 5.02 Å². The summed E-state index contributed by atoms with van der Waals surface area (Å²) in [5.41, 5.74) is 1.05. The molecule has 0 fully saturated rings. The fraction of sp³-hybridized carbons (Fsp3) is 0.208. The zero-order valence-electron chi connectivity index (χ0n) is 17.5. The van der Waals surface area contributed by atoms with E-state index in [1.54, 1.807) is 22.5 Å². The van der Waals surface area contributed by atoms with Crippen LogP contribution < -0.4 is 9.04 Å². The van der Waals surface area contributed by atoms with Crippen molar-refractivity contribution >= 4 is 35.2 Å². The average Bonchev–Trinajstić information content (AvgIpc) is 2.79. The van der Waals surface area contributed by atoms with Crippen LogP contribution in [-0.4, -0.2) is 17.6 Å². The lowest BCUT2D eigenvalue weighted by atomic mass is 9.94. The van der Waals surface area contributed by atoms with E-state index in [1.165, 1.54) is 30.3 Å². The molecule has 1 aliphatic heterocycles. The Bertz CT molecular complexity index is 1220. The molecular weight excluding hydrogens is 494 g/mol. The smallest absolute Gasteiger partial charge is 0.416 e. The van der Waals surface area contributed by atoms with E-state index < -0.39 is 29.4 Å². The molecule has 1 aliphatic rings. The van der Waals surface area contributed by atoms with Crippen LogP contribution in [0, 0.1) is 11.7 Å². The highest BCUT2D eigenvalue weighted by atomic mass is 35.5. The fourth-order valence-electron chi connectivity index (χ4n) is 3.59. The number of anilines is 1. The number of rotatable bonds is 6. The van der Waals surface area contributed by atoms with Crippen molar-refractivity contribution in [1.82, 2.24) is 0 Å². The molecule has 1 atom stereocenters. The second-order valence-electron chi connectivity index (χ2n) is 7.73. The van der Waals surface area contributed by atoms with Gasteiger partial charge >= 0.3 is 12.1 Å².